The van der Waals surface area contributed by atoms with Gasteiger partial charge in [-0.25, -0.2) is 0 Å². The van der Waals surface area contributed by atoms with Gasteiger partial charge in [0.05, 0.1) is 17.8 Å². The lowest BCUT2D eigenvalue weighted by atomic mass is 9.58. The predicted molar refractivity (Wildman–Crippen MR) is 196 cm³/mol. The number of hydrogen-bond donors (Lipinski definition) is 1. The zero-order valence-corrected chi connectivity index (χ0v) is 33.8. The van der Waals surface area contributed by atoms with E-state index in [2.05, 4.69) is 87.7 Å². The van der Waals surface area contributed by atoms with Crippen molar-refractivity contribution in [3.63, 3.8) is 0 Å². The van der Waals surface area contributed by atoms with Crippen LogP contribution in [0.1, 0.15) is 140 Å². The van der Waals surface area contributed by atoms with Crippen molar-refractivity contribution >= 4 is 16.6 Å². The third kappa shape index (κ3) is 9.02. The molecule has 7 atom stereocenters. The fraction of sp³-hybridized carbons (Fsp3) is 0.897. The summed E-state index contributed by atoms with van der Waals surface area (Å²) in [6.07, 6.45) is 16.1. The van der Waals surface area contributed by atoms with Crippen molar-refractivity contribution in [2.24, 2.45) is 29.1 Å². The topological polar surface area (TPSA) is 38.7 Å². The normalized spacial score (nSPS) is 32.7. The van der Waals surface area contributed by atoms with Crippen molar-refractivity contribution in [2.45, 2.75) is 194 Å². The third-order valence-corrected chi connectivity index (χ3v) is 22.4. The summed E-state index contributed by atoms with van der Waals surface area (Å²) in [5, 5.41) is 10.6. The quantitative estimate of drug-likeness (QED) is 0.227. The van der Waals surface area contributed by atoms with Gasteiger partial charge >= 0.3 is 0 Å². The Balaban J connectivity index is 1.79. The Hall–Kier alpha value is -0.206. The molecule has 0 amide bonds. The Morgan fingerprint density at radius 3 is 2.11 bits per heavy atom. The van der Waals surface area contributed by atoms with Crippen molar-refractivity contribution < 1.29 is 14.0 Å². The highest BCUT2D eigenvalue weighted by atomic mass is 28.4. The first-order valence-electron chi connectivity index (χ1n) is 18.3. The van der Waals surface area contributed by atoms with Crippen LogP contribution in [-0.2, 0) is 8.85 Å². The molecular formula is C39H74O3Si2. The second kappa shape index (κ2) is 13.7. The van der Waals surface area contributed by atoms with Crippen molar-refractivity contribution in [3.05, 3.63) is 23.8 Å². The molecule has 3 rings (SSSR count). The van der Waals surface area contributed by atoms with Crippen LogP contribution in [0.2, 0.25) is 36.3 Å². The number of hydrogen-bond acceptors (Lipinski definition) is 3. The van der Waals surface area contributed by atoms with Gasteiger partial charge < -0.3 is 14.0 Å². The molecule has 0 bridgehead atoms. The molecule has 3 saturated carbocycles. The van der Waals surface area contributed by atoms with Crippen LogP contribution < -0.4 is 0 Å². The molecule has 44 heavy (non-hydrogen) atoms. The first kappa shape index (κ1) is 38.2. The molecule has 3 nitrogen and oxygen atoms in total. The lowest BCUT2D eigenvalue weighted by Gasteiger charge is -2.47. The van der Waals surface area contributed by atoms with Crippen LogP contribution in [0.15, 0.2) is 23.8 Å². The van der Waals surface area contributed by atoms with E-state index in [1.807, 2.05) is 13.8 Å². The van der Waals surface area contributed by atoms with Gasteiger partial charge in [0, 0.05) is 6.42 Å². The maximum absolute atomic E-state index is 10.2. The Kier molecular flexibility index (Phi) is 11.9. The van der Waals surface area contributed by atoms with E-state index in [9.17, 15) is 5.11 Å². The minimum atomic E-state index is -1.96. The summed E-state index contributed by atoms with van der Waals surface area (Å²) in [4.78, 5) is 0. The number of allylic oxidation sites excluding steroid dienone is 1. The highest BCUT2D eigenvalue weighted by molar-refractivity contribution is 6.74. The van der Waals surface area contributed by atoms with Gasteiger partial charge in [-0.15, -0.1) is 0 Å². The van der Waals surface area contributed by atoms with E-state index in [4.69, 9.17) is 15.4 Å². The van der Waals surface area contributed by atoms with Crippen molar-refractivity contribution in [1.82, 2.24) is 0 Å². The van der Waals surface area contributed by atoms with Gasteiger partial charge in [-0.1, -0.05) is 87.3 Å². The first-order chi connectivity index (χ1) is 19.9. The minimum Gasteiger partial charge on any atom is -0.413 e. The molecule has 3 aliphatic carbocycles. The maximum atomic E-state index is 10.2. The van der Waals surface area contributed by atoms with Crippen LogP contribution in [0.3, 0.4) is 0 Å². The second-order valence-corrected chi connectivity index (χ2v) is 28.9. The molecule has 3 aliphatic rings. The van der Waals surface area contributed by atoms with Crippen molar-refractivity contribution in [2.75, 3.05) is 0 Å². The highest BCUT2D eigenvalue weighted by Gasteiger charge is 2.52. The van der Waals surface area contributed by atoms with E-state index >= 15 is 0 Å². The van der Waals surface area contributed by atoms with Gasteiger partial charge in [-0.2, -0.15) is 0 Å². The average Bonchev–Trinajstić information content (AvgIpc) is 3.20. The Morgan fingerprint density at radius 2 is 1.55 bits per heavy atom. The molecule has 0 spiro atoms. The molecule has 0 aromatic carbocycles. The molecule has 5 heteroatoms. The van der Waals surface area contributed by atoms with Gasteiger partial charge in [0.15, 0.2) is 16.6 Å². The molecule has 6 unspecified atom stereocenters. The molecule has 0 saturated heterocycles. The van der Waals surface area contributed by atoms with Crippen molar-refractivity contribution in [1.29, 1.82) is 0 Å². The van der Waals surface area contributed by atoms with Crippen LogP contribution in [0, 0.1) is 29.1 Å². The SMILES string of the molecule is C=C1C(=CCC2CCC[C@]3(C)C(C(C)CCCC(C)(C)O)CCC23)CC(O[Si](C)(C)C(C)(C)C)CC1O[Si](C)(C)C(C)(C)C. The zero-order valence-electron chi connectivity index (χ0n) is 31.8. The molecule has 3 fully saturated rings. The van der Waals surface area contributed by atoms with E-state index in [-0.39, 0.29) is 22.3 Å². The lowest BCUT2D eigenvalue weighted by molar-refractivity contribution is 0.0259. The monoisotopic (exact) mass is 647 g/mol. The van der Waals surface area contributed by atoms with E-state index in [0.717, 1.165) is 49.4 Å². The van der Waals surface area contributed by atoms with Crippen LogP contribution in [0.5, 0.6) is 0 Å². The molecular weight excluding hydrogens is 573 g/mol. The first-order valence-corrected chi connectivity index (χ1v) is 24.2. The predicted octanol–water partition coefficient (Wildman–Crippen LogP) is 11.8. The van der Waals surface area contributed by atoms with Gasteiger partial charge in [-0.3, -0.25) is 0 Å². The Bertz CT molecular complexity index is 1010. The summed E-state index contributed by atoms with van der Waals surface area (Å²) in [5.41, 5.74) is 2.57. The molecule has 0 aromatic rings. The summed E-state index contributed by atoms with van der Waals surface area (Å²) < 4.78 is 14.2. The molecule has 1 N–H and O–H groups in total. The van der Waals surface area contributed by atoms with Gasteiger partial charge in [-0.05, 0) is 135 Å². The number of rotatable bonds is 11. The molecule has 256 valence electrons. The lowest BCUT2D eigenvalue weighted by Crippen LogP contribution is -2.49. The number of fused-ring (bicyclic) bond motifs is 1. The summed E-state index contributed by atoms with van der Waals surface area (Å²) in [7, 11) is -3.86. The van der Waals surface area contributed by atoms with Gasteiger partial charge in [0.2, 0.25) is 0 Å². The summed E-state index contributed by atoms with van der Waals surface area (Å²) in [6.45, 7) is 37.4. The highest BCUT2D eigenvalue weighted by Crippen LogP contribution is 2.61. The van der Waals surface area contributed by atoms with Crippen LogP contribution in [0.4, 0.5) is 0 Å². The second-order valence-electron chi connectivity index (χ2n) is 19.4. The Morgan fingerprint density at radius 1 is 0.955 bits per heavy atom. The van der Waals surface area contributed by atoms with Crippen LogP contribution >= 0.6 is 0 Å². The minimum absolute atomic E-state index is 0.0582. The van der Waals surface area contributed by atoms with Gasteiger partial charge in [0.1, 0.15) is 0 Å². The molecule has 0 aliphatic heterocycles. The number of aliphatic hydroxyl groups is 1. The van der Waals surface area contributed by atoms with E-state index in [0.29, 0.717) is 5.41 Å². The van der Waals surface area contributed by atoms with E-state index in [1.165, 1.54) is 56.1 Å². The molecule has 0 heterocycles. The molecule has 0 radical (unpaired) electrons. The van der Waals surface area contributed by atoms with E-state index < -0.39 is 22.2 Å². The maximum Gasteiger partial charge on any atom is 0.192 e. The van der Waals surface area contributed by atoms with Crippen LogP contribution in [0.25, 0.3) is 0 Å². The fourth-order valence-electron chi connectivity index (χ4n) is 8.55. The summed E-state index contributed by atoms with van der Waals surface area (Å²) in [5.74, 6) is 3.15. The summed E-state index contributed by atoms with van der Waals surface area (Å²) >= 11 is 0. The smallest absolute Gasteiger partial charge is 0.192 e. The zero-order chi connectivity index (χ0) is 33.5. The van der Waals surface area contributed by atoms with Crippen LogP contribution in [-0.4, -0.2) is 39.6 Å². The average molecular weight is 647 g/mol. The third-order valence-electron chi connectivity index (χ3n) is 13.4. The largest absolute Gasteiger partial charge is 0.413 e. The fourth-order valence-corrected chi connectivity index (χ4v) is 11.2. The van der Waals surface area contributed by atoms with Crippen molar-refractivity contribution in [3.8, 4) is 0 Å². The Labute approximate surface area is 276 Å². The molecule has 0 aromatic heterocycles. The summed E-state index contributed by atoms with van der Waals surface area (Å²) in [6, 6.07) is 0. The van der Waals surface area contributed by atoms with E-state index in [1.54, 1.807) is 0 Å². The standard InChI is InChI=1S/C39H74O3Si2/c1-28(18-16-24-38(9,10)40)33-22-23-34-30(19-17-25-39(33,34)11)20-21-31-26-32(41-43(12,13)36(3,4)5)27-35(29(31)2)42-44(14,15)37(6,7)8/h21,28,30,32-35,40H,2,16-20,22-27H2,1,3-15H3/t28?,30?,32?,33?,34?,35?,39-/m1/s1. The van der Waals surface area contributed by atoms with Gasteiger partial charge in [0.25, 0.3) is 0 Å².